The van der Waals surface area contributed by atoms with Crippen LogP contribution in [-0.2, 0) is 23.5 Å². The number of fused-ring (bicyclic) bond motifs is 1. The van der Waals surface area contributed by atoms with Gasteiger partial charge in [0.2, 0.25) is 17.2 Å². The number of nitrogens with one attached hydrogen (secondary N) is 2. The molecule has 21 heteroatoms. The zero-order valence-corrected chi connectivity index (χ0v) is 32.3. The van der Waals surface area contributed by atoms with Gasteiger partial charge in [-0.25, -0.2) is 0 Å². The molecule has 0 bridgehead atoms. The molecule has 4 rings (SSSR count). The summed E-state index contributed by atoms with van der Waals surface area (Å²) in [6.45, 7) is 5.49. The quantitative estimate of drug-likeness (QED) is 0.0145. The molecule has 0 aliphatic rings. The molecule has 16 nitrogen and oxygen atoms in total. The fourth-order valence-electron chi connectivity index (χ4n) is 3.94. The van der Waals surface area contributed by atoms with E-state index in [0.717, 1.165) is 19.3 Å². The van der Waals surface area contributed by atoms with Crippen LogP contribution < -0.4 is 86.0 Å². The van der Waals surface area contributed by atoms with E-state index in [4.69, 9.17) is 22.1 Å². The summed E-state index contributed by atoms with van der Waals surface area (Å²) in [5, 5.41) is 53.8. The molecule has 0 saturated heterocycles. The summed E-state index contributed by atoms with van der Waals surface area (Å²) < 4.78 is 14.4. The topological polar surface area (TPSA) is 226 Å². The van der Waals surface area contributed by atoms with Gasteiger partial charge in [-0.1, -0.05) is 19.6 Å². The zero-order chi connectivity index (χ0) is 32.7. The minimum atomic E-state index is -0.189. The van der Waals surface area contributed by atoms with Gasteiger partial charge in [-0.3, -0.25) is 10.1 Å². The molecule has 5 N–H and O–H groups in total. The third-order valence-electron chi connectivity index (χ3n) is 5.91. The molecule has 0 spiro atoms. The smallest absolute Gasteiger partial charge is 0.691 e. The summed E-state index contributed by atoms with van der Waals surface area (Å²) in [6.07, 6.45) is 4.43. The fraction of sp³-hybridized carbons (Fsp3) is 0.250. The molecule has 0 fully saturated rings. The maximum Gasteiger partial charge on any atom is 1.00 e. The van der Waals surface area contributed by atoms with Gasteiger partial charge in [0.15, 0.2) is 0 Å². The zero-order valence-electron chi connectivity index (χ0n) is 25.9. The Kier molecular flexibility index (Phi) is 22.5. The number of halogens is 1. The number of aromatic hydroxyl groups is 1. The third kappa shape index (κ3) is 14.4. The van der Waals surface area contributed by atoms with Crippen molar-refractivity contribution >= 4 is 81.1 Å². The van der Waals surface area contributed by atoms with Crippen molar-refractivity contribution < 1.29 is 98.2 Å². The number of allylic oxidation sites excluding steroid dienone is 1. The molecule has 3 aromatic carbocycles. The number of ether oxygens (including phenoxy) is 1. The number of aromatic nitrogens is 3. The van der Waals surface area contributed by atoms with Crippen LogP contribution in [0.1, 0.15) is 26.7 Å². The molecular weight excluding hydrogens is 722 g/mol. The van der Waals surface area contributed by atoms with E-state index in [1.54, 1.807) is 36.4 Å². The Labute approximate surface area is 340 Å². The minimum Gasteiger partial charge on any atom is -0.691 e. The summed E-state index contributed by atoms with van der Waals surface area (Å²) in [5.74, 6) is 0.230. The number of nitrogens with two attached hydrogens (primary N) is 1. The molecule has 1 aromatic heterocycles. The predicted molar refractivity (Wildman–Crippen MR) is 175 cm³/mol. The Hall–Kier alpha value is -1.82. The van der Waals surface area contributed by atoms with Crippen molar-refractivity contribution in [2.45, 2.75) is 36.5 Å². The number of anilines is 4. The summed E-state index contributed by atoms with van der Waals surface area (Å²) in [5.41, 5.74) is 7.30. The minimum absolute atomic E-state index is 0. The van der Waals surface area contributed by atoms with E-state index in [1.165, 1.54) is 6.07 Å². The second kappa shape index (κ2) is 24.4. The molecule has 0 amide bonds. The van der Waals surface area contributed by atoms with Gasteiger partial charge in [-0.15, -0.1) is 16.8 Å². The van der Waals surface area contributed by atoms with Crippen LogP contribution in [0.2, 0.25) is 5.28 Å². The third-order valence-corrected chi connectivity index (χ3v) is 7.26. The Morgan fingerprint density at radius 2 is 1.69 bits per heavy atom. The van der Waals surface area contributed by atoms with E-state index >= 15 is 0 Å². The monoisotopic (exact) mass is 752 g/mol. The first-order chi connectivity index (χ1) is 22.4. The Balaban J connectivity index is 0.00000400. The van der Waals surface area contributed by atoms with Gasteiger partial charge in [0.25, 0.3) is 0 Å². The second-order valence-electron chi connectivity index (χ2n) is 9.07. The van der Waals surface area contributed by atoms with E-state index in [0.29, 0.717) is 70.1 Å². The molecule has 0 aliphatic heterocycles. The number of benzene rings is 3. The Bertz CT molecular complexity index is 1670. The summed E-state index contributed by atoms with van der Waals surface area (Å²) in [4.78, 5) is 13.3. The molecule has 0 atom stereocenters. The number of phenols is 1. The number of hydrogen-bond donors (Lipinski definition) is 4. The van der Waals surface area contributed by atoms with Gasteiger partial charge in [-0.05, 0) is 72.6 Å². The van der Waals surface area contributed by atoms with Crippen LogP contribution in [0.3, 0.4) is 0 Å². The molecular formula is C28H31ClN8Na2O8S2. The summed E-state index contributed by atoms with van der Waals surface area (Å²) >= 11 is 7.32. The number of hydrogen-bond acceptors (Lipinski definition) is 18. The van der Waals surface area contributed by atoms with Gasteiger partial charge in [0.1, 0.15) is 17.1 Å². The number of azo groups is 1. The van der Waals surface area contributed by atoms with Gasteiger partial charge in [-0.2, -0.15) is 23.6 Å². The SMILES string of the molecule is C.C=CCCCOCCCNc1nc(Cl)nc(Nc2ccc(N=Nc3c(N)ccc4cc(SOO[O-])cc(O)c34)c(SOO[O-])c2)n1.[Na+].[Na+]. The van der Waals surface area contributed by atoms with E-state index in [-0.39, 0.29) is 107 Å². The van der Waals surface area contributed by atoms with Crippen molar-refractivity contribution in [2.75, 3.05) is 36.1 Å². The number of unbranched alkanes of at least 4 members (excludes halogenated alkanes) is 1. The first-order valence-electron chi connectivity index (χ1n) is 13.4. The second-order valence-corrected chi connectivity index (χ2v) is 10.9. The van der Waals surface area contributed by atoms with Crippen LogP contribution >= 0.6 is 35.7 Å². The molecule has 0 saturated carbocycles. The Morgan fingerprint density at radius 3 is 2.45 bits per heavy atom. The van der Waals surface area contributed by atoms with Gasteiger partial charge in [0, 0.05) is 30.3 Å². The van der Waals surface area contributed by atoms with Gasteiger partial charge in [0.05, 0.1) is 40.1 Å². The van der Waals surface area contributed by atoms with Crippen molar-refractivity contribution in [3.8, 4) is 5.75 Å². The fourth-order valence-corrected chi connectivity index (χ4v) is 5.01. The van der Waals surface area contributed by atoms with Crippen LogP contribution in [0.25, 0.3) is 10.8 Å². The van der Waals surface area contributed by atoms with Crippen molar-refractivity contribution in [3.05, 3.63) is 60.4 Å². The van der Waals surface area contributed by atoms with Crippen molar-refractivity contribution in [3.63, 3.8) is 0 Å². The van der Waals surface area contributed by atoms with E-state index in [9.17, 15) is 15.6 Å². The summed E-state index contributed by atoms with van der Waals surface area (Å²) in [6, 6.07) is 11.0. The molecule has 49 heavy (non-hydrogen) atoms. The standard InChI is InChI=1S/C27H29ClN8O8S2.CH4.2Na/c1-2-3-4-11-40-12-5-10-30-26-32-25(28)33-27(34-26)31-17-7-9-20(22(14-17)46-44-42-39)35-36-24-19(29)8-6-16-13-18(45-43-41-38)15-21(37)23(16)24;;;/h2,6-9,13-15,37-39H,1,3-5,10-12,29H2,(H2,30,31,32,33,34);1H4;;/q;;2*+1/p-2. The van der Waals surface area contributed by atoms with E-state index < -0.39 is 0 Å². The van der Waals surface area contributed by atoms with Crippen LogP contribution in [0, 0.1) is 0 Å². The summed E-state index contributed by atoms with van der Waals surface area (Å²) in [7, 11) is 0. The maximum atomic E-state index is 10.7. The van der Waals surface area contributed by atoms with Crippen molar-refractivity contribution in [1.82, 2.24) is 15.0 Å². The van der Waals surface area contributed by atoms with Crippen molar-refractivity contribution in [2.24, 2.45) is 10.2 Å². The molecule has 0 aliphatic carbocycles. The number of nitrogens with zero attached hydrogens (tertiary/aromatic N) is 5. The largest absolute Gasteiger partial charge is 1.00 e. The van der Waals surface area contributed by atoms with Gasteiger partial charge >= 0.3 is 59.1 Å². The molecule has 1 heterocycles. The van der Waals surface area contributed by atoms with Crippen LogP contribution in [0.15, 0.2) is 75.1 Å². The van der Waals surface area contributed by atoms with Crippen LogP contribution in [0.4, 0.5) is 34.6 Å². The first-order valence-corrected chi connectivity index (χ1v) is 15.3. The average molecular weight is 753 g/mol. The number of rotatable bonds is 19. The normalized spacial score (nSPS) is 10.7. The Morgan fingerprint density at radius 1 is 0.959 bits per heavy atom. The van der Waals surface area contributed by atoms with E-state index in [2.05, 4.69) is 61.1 Å². The van der Waals surface area contributed by atoms with Crippen LogP contribution in [0.5, 0.6) is 5.75 Å². The van der Waals surface area contributed by atoms with Gasteiger partial charge < -0.3 is 36.7 Å². The average Bonchev–Trinajstić information content (AvgIpc) is 3.04. The molecule has 0 radical (unpaired) electrons. The predicted octanol–water partition coefficient (Wildman–Crippen LogP) is 0.0151. The molecule has 4 aromatic rings. The van der Waals surface area contributed by atoms with E-state index in [1.807, 2.05) is 6.08 Å². The first kappa shape index (κ1) is 45.2. The molecule has 0 unspecified atom stereocenters. The number of nitrogen functional groups attached to an aromatic ring is 1. The molecule has 252 valence electrons. The van der Waals surface area contributed by atoms with Crippen molar-refractivity contribution in [1.29, 1.82) is 0 Å². The van der Waals surface area contributed by atoms with Crippen LogP contribution in [-0.4, -0.2) is 39.8 Å². The maximum absolute atomic E-state index is 10.7. The number of phenolic OH excluding ortho intramolecular Hbond substituents is 1.